The van der Waals surface area contributed by atoms with E-state index in [2.05, 4.69) is 25.8 Å². The molecule has 7 heteroatoms. The number of rotatable bonds is 5. The number of hydrogen-bond donors (Lipinski definition) is 3. The van der Waals surface area contributed by atoms with Crippen LogP contribution in [0.4, 0.5) is 5.82 Å². The smallest absolute Gasteiger partial charge is 0.226 e. The summed E-state index contributed by atoms with van der Waals surface area (Å²) < 4.78 is 5.52. The van der Waals surface area contributed by atoms with Crippen LogP contribution in [-0.4, -0.2) is 38.9 Å². The molecule has 0 spiro atoms. The summed E-state index contributed by atoms with van der Waals surface area (Å²) in [7, 11) is 0. The van der Waals surface area contributed by atoms with Crippen molar-refractivity contribution in [1.82, 2.24) is 20.5 Å². The van der Waals surface area contributed by atoms with E-state index < -0.39 is 0 Å². The van der Waals surface area contributed by atoms with Gasteiger partial charge >= 0.3 is 0 Å². The maximum absolute atomic E-state index is 10.5. The molecule has 2 bridgehead atoms. The molecule has 3 aromatic rings. The van der Waals surface area contributed by atoms with Crippen molar-refractivity contribution in [3.8, 4) is 28.5 Å². The highest BCUT2D eigenvalue weighted by atomic mass is 16.4. The predicted octanol–water partition coefficient (Wildman–Crippen LogP) is 3.76. The van der Waals surface area contributed by atoms with Crippen LogP contribution >= 0.6 is 0 Å². The summed E-state index contributed by atoms with van der Waals surface area (Å²) in [6.07, 6.45) is 6.76. The molecule has 3 N–H and O–H groups in total. The molecule has 0 aliphatic carbocycles. The monoisotopic (exact) mass is 391 g/mol. The highest BCUT2D eigenvalue weighted by Crippen LogP contribution is 2.33. The number of benzene rings is 1. The second-order valence-corrected chi connectivity index (χ2v) is 8.17. The van der Waals surface area contributed by atoms with E-state index in [1.165, 1.54) is 25.7 Å². The summed E-state index contributed by atoms with van der Waals surface area (Å²) in [6.45, 7) is 2.77. The normalized spacial score (nSPS) is 23.3. The number of aromatic hydroxyl groups is 1. The average Bonchev–Trinajstić information content (AvgIpc) is 3.31. The van der Waals surface area contributed by atoms with Crippen molar-refractivity contribution < 1.29 is 9.52 Å². The largest absolute Gasteiger partial charge is 0.507 e. The van der Waals surface area contributed by atoms with Gasteiger partial charge in [0.2, 0.25) is 5.89 Å². The molecule has 2 saturated heterocycles. The summed E-state index contributed by atoms with van der Waals surface area (Å²) in [5.41, 5.74) is 1.98. The molecule has 2 aliphatic rings. The van der Waals surface area contributed by atoms with E-state index >= 15 is 0 Å². The molecule has 0 amide bonds. The van der Waals surface area contributed by atoms with Crippen LogP contribution in [0.3, 0.4) is 0 Å². The Bertz CT molecular complexity index is 989. The third-order valence-corrected chi connectivity index (χ3v) is 5.95. The van der Waals surface area contributed by atoms with Crippen LogP contribution < -0.4 is 10.6 Å². The Labute approximate surface area is 169 Å². The Kier molecular flexibility index (Phi) is 4.67. The number of nitrogens with one attached hydrogen (secondary N) is 2. The number of piperidine rings is 1. The van der Waals surface area contributed by atoms with Crippen molar-refractivity contribution in [2.24, 2.45) is 5.92 Å². The highest BCUT2D eigenvalue weighted by Gasteiger charge is 2.33. The van der Waals surface area contributed by atoms with Crippen LogP contribution in [0, 0.1) is 12.8 Å². The quantitative estimate of drug-likeness (QED) is 0.609. The first-order valence-corrected chi connectivity index (χ1v) is 10.2. The molecule has 5 rings (SSSR count). The molecule has 29 heavy (non-hydrogen) atoms. The first-order chi connectivity index (χ1) is 14.1. The number of phenolic OH excluding ortho intramolecular Hbond substituents is 1. The van der Waals surface area contributed by atoms with Gasteiger partial charge in [-0.15, -0.1) is 10.2 Å². The van der Waals surface area contributed by atoms with Crippen LogP contribution in [0.5, 0.6) is 5.75 Å². The van der Waals surface area contributed by atoms with Crippen molar-refractivity contribution >= 4 is 5.82 Å². The predicted molar refractivity (Wildman–Crippen MR) is 111 cm³/mol. The van der Waals surface area contributed by atoms with Crippen molar-refractivity contribution in [1.29, 1.82) is 0 Å². The third kappa shape index (κ3) is 3.82. The number of phenols is 1. The second-order valence-electron chi connectivity index (χ2n) is 8.17. The fourth-order valence-corrected chi connectivity index (χ4v) is 4.53. The van der Waals surface area contributed by atoms with Crippen molar-refractivity contribution in [3.63, 3.8) is 0 Å². The summed E-state index contributed by atoms with van der Waals surface area (Å²) in [6, 6.07) is 10.5. The number of anilines is 1. The lowest BCUT2D eigenvalue weighted by molar-refractivity contribution is 0.311. The number of oxazole rings is 1. The molecular formula is C22H25N5O2. The van der Waals surface area contributed by atoms with Crippen LogP contribution in [-0.2, 0) is 0 Å². The molecule has 1 aromatic carbocycles. The number of aromatic nitrogens is 3. The molecule has 7 nitrogen and oxygen atoms in total. The van der Waals surface area contributed by atoms with Crippen molar-refractivity contribution in [2.75, 3.05) is 11.9 Å². The molecule has 4 heterocycles. The van der Waals surface area contributed by atoms with E-state index in [0.29, 0.717) is 35.1 Å². The molecule has 2 atom stereocenters. The fraction of sp³-hybridized carbons (Fsp3) is 0.409. The molecule has 2 aliphatic heterocycles. The maximum Gasteiger partial charge on any atom is 0.226 e. The maximum atomic E-state index is 10.5. The van der Waals surface area contributed by atoms with Gasteiger partial charge in [-0.2, -0.15) is 0 Å². The molecule has 150 valence electrons. The minimum atomic E-state index is 0.124. The van der Waals surface area contributed by atoms with E-state index in [1.54, 1.807) is 12.3 Å². The van der Waals surface area contributed by atoms with E-state index in [1.807, 2.05) is 31.2 Å². The second kappa shape index (κ2) is 7.48. The number of hydrogen-bond acceptors (Lipinski definition) is 7. The van der Waals surface area contributed by atoms with Gasteiger partial charge in [0.25, 0.3) is 0 Å². The summed E-state index contributed by atoms with van der Waals surface area (Å²) in [4.78, 5) is 4.20. The van der Waals surface area contributed by atoms with Gasteiger partial charge in [0.15, 0.2) is 0 Å². The minimum Gasteiger partial charge on any atom is -0.507 e. The SMILES string of the molecule is Cc1cnc(-c2ccc(-c3ccc(NCC4CC5CCC(C4)N5)nn3)c(O)c2)o1. The fourth-order valence-electron chi connectivity index (χ4n) is 4.53. The first kappa shape index (κ1) is 18.1. The van der Waals surface area contributed by atoms with E-state index in [0.717, 1.165) is 23.7 Å². The lowest BCUT2D eigenvalue weighted by atomic mass is 9.92. The highest BCUT2D eigenvalue weighted by molar-refractivity contribution is 5.71. The van der Waals surface area contributed by atoms with Gasteiger partial charge in [-0.1, -0.05) is 0 Å². The Balaban J connectivity index is 1.25. The molecule has 0 radical (unpaired) electrons. The van der Waals surface area contributed by atoms with Crippen LogP contribution in [0.15, 0.2) is 40.9 Å². The number of aryl methyl sites for hydroxylation is 1. The Morgan fingerprint density at radius 3 is 2.62 bits per heavy atom. The number of fused-ring (bicyclic) bond motifs is 2. The molecule has 2 unspecified atom stereocenters. The zero-order valence-corrected chi connectivity index (χ0v) is 16.4. The standard InChI is InChI=1S/C22H25N5O2/c1-13-11-24-22(29-13)15-2-5-18(20(28)10-15)19-6-7-21(27-26-19)23-12-14-8-16-3-4-17(9-14)25-16/h2,5-7,10-11,14,16-17,25,28H,3-4,8-9,12H2,1H3,(H,23,27). The van der Waals surface area contributed by atoms with Crippen LogP contribution in [0.2, 0.25) is 0 Å². The van der Waals surface area contributed by atoms with Gasteiger partial charge in [0.05, 0.1) is 11.9 Å². The third-order valence-electron chi connectivity index (χ3n) is 5.95. The van der Waals surface area contributed by atoms with E-state index in [4.69, 9.17) is 4.42 Å². The van der Waals surface area contributed by atoms with E-state index in [9.17, 15) is 5.11 Å². The Morgan fingerprint density at radius 1 is 1.14 bits per heavy atom. The molecule has 0 saturated carbocycles. The van der Waals surface area contributed by atoms with Gasteiger partial charge in [0.1, 0.15) is 17.3 Å². The Hall–Kier alpha value is -2.93. The zero-order chi connectivity index (χ0) is 19.8. The van der Waals surface area contributed by atoms with Gasteiger partial charge in [-0.3, -0.25) is 0 Å². The summed E-state index contributed by atoms with van der Waals surface area (Å²) in [5.74, 6) is 2.80. The lowest BCUT2D eigenvalue weighted by Crippen LogP contribution is -2.40. The molecule has 2 fully saturated rings. The van der Waals surface area contributed by atoms with E-state index in [-0.39, 0.29) is 5.75 Å². The zero-order valence-electron chi connectivity index (χ0n) is 16.4. The lowest BCUT2D eigenvalue weighted by Gasteiger charge is -2.29. The first-order valence-electron chi connectivity index (χ1n) is 10.2. The van der Waals surface area contributed by atoms with Gasteiger partial charge < -0.3 is 20.2 Å². The topological polar surface area (TPSA) is 96.1 Å². The van der Waals surface area contributed by atoms with Gasteiger partial charge in [-0.05, 0) is 68.9 Å². The van der Waals surface area contributed by atoms with Gasteiger partial charge in [0, 0.05) is 29.8 Å². The summed E-state index contributed by atoms with van der Waals surface area (Å²) >= 11 is 0. The minimum absolute atomic E-state index is 0.124. The van der Waals surface area contributed by atoms with Crippen LogP contribution in [0.1, 0.15) is 31.4 Å². The molecular weight excluding hydrogens is 366 g/mol. The number of nitrogens with zero attached hydrogens (tertiary/aromatic N) is 3. The average molecular weight is 391 g/mol. The van der Waals surface area contributed by atoms with Crippen molar-refractivity contribution in [3.05, 3.63) is 42.3 Å². The van der Waals surface area contributed by atoms with Crippen molar-refractivity contribution in [2.45, 2.75) is 44.7 Å². The summed E-state index contributed by atoms with van der Waals surface area (Å²) in [5, 5.41) is 26.2. The van der Waals surface area contributed by atoms with Crippen LogP contribution in [0.25, 0.3) is 22.7 Å². The Morgan fingerprint density at radius 2 is 1.97 bits per heavy atom. The van der Waals surface area contributed by atoms with Gasteiger partial charge in [-0.25, -0.2) is 4.98 Å². The molecule has 2 aromatic heterocycles.